The summed E-state index contributed by atoms with van der Waals surface area (Å²) in [5.74, 6) is 0.236. The van der Waals surface area contributed by atoms with Gasteiger partial charge in [0.2, 0.25) is 7.57 Å². The van der Waals surface area contributed by atoms with Crippen molar-refractivity contribution in [3.05, 3.63) is 29.8 Å². The van der Waals surface area contributed by atoms with Crippen LogP contribution in [0.2, 0.25) is 0 Å². The maximum atomic E-state index is 10.8. The van der Waals surface area contributed by atoms with Crippen molar-refractivity contribution in [1.29, 1.82) is 0 Å². The maximum absolute atomic E-state index is 10.8. The van der Waals surface area contributed by atoms with Gasteiger partial charge in [0.1, 0.15) is 5.75 Å². The zero-order valence-corrected chi connectivity index (χ0v) is 13.0. The Kier molecular flexibility index (Phi) is 6.96. The number of benzene rings is 1. The smallest absolute Gasteiger partial charge is 0.308 e. The van der Waals surface area contributed by atoms with Crippen molar-refractivity contribution >= 4 is 19.8 Å². The number of hydrogen-bond acceptors (Lipinski definition) is 5. The number of rotatable bonds is 8. The van der Waals surface area contributed by atoms with Crippen LogP contribution < -0.4 is 4.74 Å². The van der Waals surface area contributed by atoms with Crippen molar-refractivity contribution in [2.24, 2.45) is 0 Å². The number of aryl methyl sites for hydroxylation is 1. The molecule has 1 aromatic carbocycles. The van der Waals surface area contributed by atoms with Crippen LogP contribution in [-0.2, 0) is 24.8 Å². The molecule has 0 N–H and O–H groups in total. The lowest BCUT2D eigenvalue weighted by Crippen LogP contribution is -2.01. The lowest BCUT2D eigenvalue weighted by Gasteiger charge is -2.19. The molecule has 0 spiro atoms. The molecule has 0 bridgehead atoms. The zero-order chi connectivity index (χ0) is 15.0. The van der Waals surface area contributed by atoms with Gasteiger partial charge in [-0.15, -0.1) is 0 Å². The SMILES string of the molecule is C=P(OC)(OC)OCCCc1ccc(OC(C)=O)cc1. The molecule has 0 saturated carbocycles. The Bertz CT molecular complexity index is 461. The van der Waals surface area contributed by atoms with E-state index >= 15 is 0 Å². The van der Waals surface area contributed by atoms with Crippen molar-refractivity contribution in [2.75, 3.05) is 20.8 Å². The molecule has 0 heterocycles. The Morgan fingerprint density at radius 1 is 1.20 bits per heavy atom. The average Bonchev–Trinajstić information content (AvgIpc) is 2.44. The topological polar surface area (TPSA) is 54.0 Å². The molecule has 0 aliphatic carbocycles. The van der Waals surface area contributed by atoms with Gasteiger partial charge in [-0.25, -0.2) is 0 Å². The molecule has 0 amide bonds. The van der Waals surface area contributed by atoms with E-state index in [-0.39, 0.29) is 5.97 Å². The lowest BCUT2D eigenvalue weighted by molar-refractivity contribution is -0.131. The molecule has 0 fully saturated rings. The van der Waals surface area contributed by atoms with Crippen molar-refractivity contribution in [1.82, 2.24) is 0 Å². The minimum absolute atomic E-state index is 0.318. The normalized spacial score (nSPS) is 11.3. The lowest BCUT2D eigenvalue weighted by atomic mass is 10.1. The highest BCUT2D eigenvalue weighted by Crippen LogP contribution is 2.46. The first-order chi connectivity index (χ1) is 9.49. The molecule has 0 aromatic heterocycles. The Morgan fingerprint density at radius 2 is 1.80 bits per heavy atom. The van der Waals surface area contributed by atoms with Gasteiger partial charge in [0.15, 0.2) is 0 Å². The Morgan fingerprint density at radius 3 is 2.30 bits per heavy atom. The highest BCUT2D eigenvalue weighted by atomic mass is 31.2. The van der Waals surface area contributed by atoms with Crippen LogP contribution >= 0.6 is 7.57 Å². The first-order valence-electron chi connectivity index (χ1n) is 6.26. The Hall–Kier alpha value is -1.13. The van der Waals surface area contributed by atoms with Gasteiger partial charge in [-0.1, -0.05) is 12.1 Å². The van der Waals surface area contributed by atoms with E-state index in [1.54, 1.807) is 12.1 Å². The summed E-state index contributed by atoms with van der Waals surface area (Å²) in [4.78, 5) is 10.8. The number of carbonyl (C=O) groups is 1. The van der Waals surface area contributed by atoms with Crippen LogP contribution in [0.25, 0.3) is 0 Å². The molecule has 6 heteroatoms. The standard InChI is InChI=1S/C14H21O5P/c1-12(15)19-14-9-7-13(8-10-14)6-5-11-18-20(4,16-2)17-3/h7-10H,4-6,11H2,1-3H3. The van der Waals surface area contributed by atoms with Crippen LogP contribution in [0.3, 0.4) is 0 Å². The number of esters is 1. The predicted octanol–water partition coefficient (Wildman–Crippen LogP) is 3.05. The molecule has 5 nitrogen and oxygen atoms in total. The zero-order valence-electron chi connectivity index (χ0n) is 12.1. The Labute approximate surface area is 120 Å². The summed E-state index contributed by atoms with van der Waals surface area (Å²) in [6.45, 7) is 1.90. The van der Waals surface area contributed by atoms with Gasteiger partial charge in [0.05, 0.1) is 6.61 Å². The largest absolute Gasteiger partial charge is 0.427 e. The molecule has 0 unspecified atom stereocenters. The summed E-state index contributed by atoms with van der Waals surface area (Å²) in [6, 6.07) is 7.41. The summed E-state index contributed by atoms with van der Waals surface area (Å²) in [5.41, 5.74) is 1.15. The molecule has 20 heavy (non-hydrogen) atoms. The molecule has 1 rings (SSSR count). The minimum atomic E-state index is -2.38. The molecule has 0 aliphatic rings. The molecule has 0 atom stereocenters. The monoisotopic (exact) mass is 300 g/mol. The van der Waals surface area contributed by atoms with E-state index in [0.29, 0.717) is 12.4 Å². The summed E-state index contributed by atoms with van der Waals surface area (Å²) in [7, 11) is 0.668. The van der Waals surface area contributed by atoms with Gasteiger partial charge >= 0.3 is 5.97 Å². The maximum Gasteiger partial charge on any atom is 0.308 e. The van der Waals surface area contributed by atoms with Gasteiger partial charge < -0.3 is 18.3 Å². The second-order valence-electron chi connectivity index (χ2n) is 4.15. The summed E-state index contributed by atoms with van der Waals surface area (Å²) in [6.07, 6.45) is 5.47. The molecule has 112 valence electrons. The third kappa shape index (κ3) is 5.88. The fourth-order valence-electron chi connectivity index (χ4n) is 1.55. The molecule has 0 aliphatic heterocycles. The number of hydrogen-bond donors (Lipinski definition) is 0. The fraction of sp³-hybridized carbons (Fsp3) is 0.429. The van der Waals surface area contributed by atoms with Crippen LogP contribution in [0.5, 0.6) is 5.75 Å². The molecule has 1 aromatic rings. The van der Waals surface area contributed by atoms with Gasteiger partial charge in [0, 0.05) is 21.1 Å². The minimum Gasteiger partial charge on any atom is -0.427 e. The predicted molar refractivity (Wildman–Crippen MR) is 80.1 cm³/mol. The van der Waals surface area contributed by atoms with Crippen LogP contribution in [0.15, 0.2) is 24.3 Å². The number of carbonyl (C=O) groups excluding carboxylic acids is 1. The van der Waals surface area contributed by atoms with E-state index in [1.165, 1.54) is 21.1 Å². The average molecular weight is 300 g/mol. The van der Waals surface area contributed by atoms with Gasteiger partial charge in [-0.2, -0.15) is 0 Å². The highest BCUT2D eigenvalue weighted by molar-refractivity contribution is 7.59. The van der Waals surface area contributed by atoms with Crippen LogP contribution in [0.4, 0.5) is 0 Å². The quantitative estimate of drug-likeness (QED) is 0.320. The summed E-state index contributed by atoms with van der Waals surface area (Å²) < 4.78 is 20.7. The third-order valence-electron chi connectivity index (χ3n) is 2.64. The first-order valence-corrected chi connectivity index (χ1v) is 7.98. The third-order valence-corrected chi connectivity index (χ3v) is 4.33. The second-order valence-corrected chi connectivity index (χ2v) is 6.36. The summed E-state index contributed by atoms with van der Waals surface area (Å²) >= 11 is 0. The van der Waals surface area contributed by atoms with Crippen molar-refractivity contribution in [3.63, 3.8) is 0 Å². The van der Waals surface area contributed by atoms with Crippen LogP contribution in [-0.4, -0.2) is 33.1 Å². The van der Waals surface area contributed by atoms with Gasteiger partial charge in [0.25, 0.3) is 0 Å². The molecule has 0 saturated heterocycles. The van der Waals surface area contributed by atoms with Crippen LogP contribution in [0, 0.1) is 0 Å². The van der Waals surface area contributed by atoms with Crippen LogP contribution in [0.1, 0.15) is 18.9 Å². The fourth-order valence-corrected chi connectivity index (χ4v) is 2.32. The van der Waals surface area contributed by atoms with E-state index < -0.39 is 7.57 Å². The van der Waals surface area contributed by atoms with Crippen molar-refractivity contribution in [3.8, 4) is 5.75 Å². The Balaban J connectivity index is 2.35. The molecular formula is C14H21O5P. The molecular weight excluding hydrogens is 279 g/mol. The highest BCUT2D eigenvalue weighted by Gasteiger charge is 2.12. The molecule has 0 radical (unpaired) electrons. The van der Waals surface area contributed by atoms with Gasteiger partial charge in [-0.3, -0.25) is 4.79 Å². The second kappa shape index (κ2) is 8.22. The van der Waals surface area contributed by atoms with E-state index in [2.05, 4.69) is 6.30 Å². The number of ether oxygens (including phenoxy) is 1. The van der Waals surface area contributed by atoms with E-state index in [1.807, 2.05) is 12.1 Å². The first kappa shape index (κ1) is 16.9. The van der Waals surface area contributed by atoms with Crippen molar-refractivity contribution < 1.29 is 23.1 Å². The van der Waals surface area contributed by atoms with Crippen molar-refractivity contribution in [2.45, 2.75) is 19.8 Å². The summed E-state index contributed by atoms with van der Waals surface area (Å²) in [5, 5.41) is 0. The van der Waals surface area contributed by atoms with E-state index in [4.69, 9.17) is 18.3 Å². The van der Waals surface area contributed by atoms with E-state index in [0.717, 1.165) is 18.4 Å². The van der Waals surface area contributed by atoms with Gasteiger partial charge in [-0.05, 0) is 36.8 Å². The van der Waals surface area contributed by atoms with E-state index in [9.17, 15) is 4.79 Å².